The highest BCUT2D eigenvalue weighted by Crippen LogP contribution is 2.28. The predicted molar refractivity (Wildman–Crippen MR) is 132 cm³/mol. The summed E-state index contributed by atoms with van der Waals surface area (Å²) in [5, 5.41) is 0. The first-order valence-electron chi connectivity index (χ1n) is 11.6. The topological polar surface area (TPSA) is 58.6 Å². The Kier molecular flexibility index (Phi) is 7.23. The van der Waals surface area contributed by atoms with E-state index in [2.05, 4.69) is 53.0 Å². The Bertz CT molecular complexity index is 1030. The summed E-state index contributed by atoms with van der Waals surface area (Å²) in [6, 6.07) is 16.3. The molecule has 172 valence electrons. The number of ether oxygens (including phenoxy) is 1. The largest absolute Gasteiger partial charge is 0.497 e. The lowest BCUT2D eigenvalue weighted by molar-refractivity contribution is -0.123. The minimum atomic E-state index is -0.0186. The first-order valence-corrected chi connectivity index (χ1v) is 11.6. The molecule has 0 saturated carbocycles. The summed E-state index contributed by atoms with van der Waals surface area (Å²) in [6.07, 6.45) is 6.78. The van der Waals surface area contributed by atoms with Crippen molar-refractivity contribution in [2.75, 3.05) is 30.0 Å². The number of rotatable bonds is 7. The molecule has 33 heavy (non-hydrogen) atoms. The summed E-state index contributed by atoms with van der Waals surface area (Å²) >= 11 is 0. The SMILES string of the molecule is COc1ccc(N(Cc2ccc(C(C)C)cc2)C(=O)C2CCN(c3cnccn3)CC2)cc1. The van der Waals surface area contributed by atoms with Gasteiger partial charge in [-0.2, -0.15) is 0 Å². The fourth-order valence-corrected chi connectivity index (χ4v) is 4.28. The maximum absolute atomic E-state index is 13.7. The third kappa shape index (κ3) is 5.51. The van der Waals surface area contributed by atoms with Crippen LogP contribution in [0.4, 0.5) is 11.5 Å². The molecule has 1 aromatic heterocycles. The van der Waals surface area contributed by atoms with Gasteiger partial charge in [0.1, 0.15) is 11.6 Å². The molecule has 1 fully saturated rings. The lowest BCUT2D eigenvalue weighted by Gasteiger charge is -2.35. The van der Waals surface area contributed by atoms with Crippen molar-refractivity contribution in [3.05, 3.63) is 78.2 Å². The summed E-state index contributed by atoms with van der Waals surface area (Å²) in [5.41, 5.74) is 3.32. The van der Waals surface area contributed by atoms with Crippen molar-refractivity contribution < 1.29 is 9.53 Å². The molecule has 2 aromatic carbocycles. The van der Waals surface area contributed by atoms with Crippen LogP contribution in [0.3, 0.4) is 0 Å². The van der Waals surface area contributed by atoms with Gasteiger partial charge in [-0.15, -0.1) is 0 Å². The third-order valence-corrected chi connectivity index (χ3v) is 6.35. The molecule has 2 heterocycles. The number of hydrogen-bond donors (Lipinski definition) is 0. The van der Waals surface area contributed by atoms with Crippen LogP contribution in [0.5, 0.6) is 5.75 Å². The number of carbonyl (C=O) groups is 1. The molecule has 6 nitrogen and oxygen atoms in total. The van der Waals surface area contributed by atoms with E-state index in [1.165, 1.54) is 5.56 Å². The minimum Gasteiger partial charge on any atom is -0.497 e. The van der Waals surface area contributed by atoms with E-state index in [0.717, 1.165) is 48.7 Å². The first kappa shape index (κ1) is 22.8. The van der Waals surface area contributed by atoms with Gasteiger partial charge in [0, 0.05) is 37.1 Å². The van der Waals surface area contributed by atoms with E-state index in [4.69, 9.17) is 4.74 Å². The van der Waals surface area contributed by atoms with Gasteiger partial charge in [0.25, 0.3) is 0 Å². The summed E-state index contributed by atoms with van der Waals surface area (Å²) < 4.78 is 5.31. The number of amides is 1. The van der Waals surface area contributed by atoms with E-state index < -0.39 is 0 Å². The van der Waals surface area contributed by atoms with E-state index in [0.29, 0.717) is 12.5 Å². The van der Waals surface area contributed by atoms with Crippen LogP contribution in [0.25, 0.3) is 0 Å². The Morgan fingerprint density at radius 2 is 1.76 bits per heavy atom. The van der Waals surface area contributed by atoms with Crippen LogP contribution >= 0.6 is 0 Å². The fraction of sp³-hybridized carbons (Fsp3) is 0.370. The van der Waals surface area contributed by atoms with Crippen LogP contribution in [-0.4, -0.2) is 36.1 Å². The Hall–Kier alpha value is -3.41. The van der Waals surface area contributed by atoms with Gasteiger partial charge in [-0.1, -0.05) is 38.1 Å². The van der Waals surface area contributed by atoms with Crippen LogP contribution in [0.2, 0.25) is 0 Å². The highest BCUT2D eigenvalue weighted by atomic mass is 16.5. The van der Waals surface area contributed by atoms with E-state index >= 15 is 0 Å². The quantitative estimate of drug-likeness (QED) is 0.510. The highest BCUT2D eigenvalue weighted by Gasteiger charge is 2.30. The van der Waals surface area contributed by atoms with Gasteiger partial charge in [-0.3, -0.25) is 9.78 Å². The number of methoxy groups -OCH3 is 1. The van der Waals surface area contributed by atoms with Gasteiger partial charge in [-0.25, -0.2) is 4.98 Å². The number of piperidine rings is 1. The lowest BCUT2D eigenvalue weighted by atomic mass is 9.94. The van der Waals surface area contributed by atoms with Gasteiger partial charge >= 0.3 is 0 Å². The van der Waals surface area contributed by atoms with Gasteiger partial charge < -0.3 is 14.5 Å². The molecule has 0 unspecified atom stereocenters. The van der Waals surface area contributed by atoms with Crippen LogP contribution < -0.4 is 14.5 Å². The van der Waals surface area contributed by atoms with Gasteiger partial charge in [0.15, 0.2) is 0 Å². The molecular weight excluding hydrogens is 412 g/mol. The predicted octanol–water partition coefficient (Wildman–Crippen LogP) is 5.06. The molecular formula is C27H32N4O2. The maximum Gasteiger partial charge on any atom is 0.230 e. The second-order valence-electron chi connectivity index (χ2n) is 8.84. The molecule has 1 aliphatic rings. The van der Waals surface area contributed by atoms with Crippen LogP contribution in [0, 0.1) is 5.92 Å². The molecule has 6 heteroatoms. The molecule has 4 rings (SSSR count). The van der Waals surface area contributed by atoms with Crippen molar-refractivity contribution in [2.24, 2.45) is 5.92 Å². The summed E-state index contributed by atoms with van der Waals surface area (Å²) in [5.74, 6) is 2.30. The van der Waals surface area contributed by atoms with Crippen molar-refractivity contribution in [1.82, 2.24) is 9.97 Å². The molecule has 0 radical (unpaired) electrons. The second kappa shape index (κ2) is 10.5. The van der Waals surface area contributed by atoms with Crippen LogP contribution in [-0.2, 0) is 11.3 Å². The highest BCUT2D eigenvalue weighted by molar-refractivity contribution is 5.95. The number of nitrogens with zero attached hydrogens (tertiary/aromatic N) is 4. The monoisotopic (exact) mass is 444 g/mol. The number of aromatic nitrogens is 2. The van der Waals surface area contributed by atoms with Gasteiger partial charge in [0.05, 0.1) is 19.9 Å². The molecule has 1 aliphatic heterocycles. The lowest BCUT2D eigenvalue weighted by Crippen LogP contribution is -2.42. The molecule has 1 saturated heterocycles. The van der Waals surface area contributed by atoms with Gasteiger partial charge in [0.2, 0.25) is 5.91 Å². The minimum absolute atomic E-state index is 0.0186. The van der Waals surface area contributed by atoms with E-state index in [-0.39, 0.29) is 11.8 Å². The molecule has 0 spiro atoms. The molecule has 0 atom stereocenters. The normalized spacial score (nSPS) is 14.4. The van der Waals surface area contributed by atoms with E-state index in [1.54, 1.807) is 25.7 Å². The maximum atomic E-state index is 13.7. The molecule has 0 bridgehead atoms. The van der Waals surface area contributed by atoms with Crippen molar-refractivity contribution in [3.8, 4) is 5.75 Å². The number of carbonyl (C=O) groups excluding carboxylic acids is 1. The number of benzene rings is 2. The molecule has 0 N–H and O–H groups in total. The first-order chi connectivity index (χ1) is 16.0. The van der Waals surface area contributed by atoms with Crippen molar-refractivity contribution in [3.63, 3.8) is 0 Å². The standard InChI is InChI=1S/C27H32N4O2/c1-20(2)22-6-4-21(5-7-22)19-31(24-8-10-25(33-3)11-9-24)27(32)23-12-16-30(17-13-23)26-18-28-14-15-29-26/h4-11,14-15,18,20,23H,12-13,16-17,19H2,1-3H3. The van der Waals surface area contributed by atoms with E-state index in [9.17, 15) is 4.79 Å². The zero-order valence-electron chi connectivity index (χ0n) is 19.6. The zero-order valence-corrected chi connectivity index (χ0v) is 19.6. The van der Waals surface area contributed by atoms with Gasteiger partial charge in [-0.05, 0) is 54.2 Å². The molecule has 1 amide bonds. The smallest absolute Gasteiger partial charge is 0.230 e. The van der Waals surface area contributed by atoms with Crippen LogP contribution in [0.15, 0.2) is 67.1 Å². The Morgan fingerprint density at radius 3 is 2.33 bits per heavy atom. The summed E-state index contributed by atoms with van der Waals surface area (Å²) in [6.45, 7) is 6.53. The van der Waals surface area contributed by atoms with Crippen LogP contribution in [0.1, 0.15) is 43.7 Å². The Labute approximate surface area is 196 Å². The fourth-order valence-electron chi connectivity index (χ4n) is 4.28. The molecule has 3 aromatic rings. The zero-order chi connectivity index (χ0) is 23.2. The Balaban J connectivity index is 1.51. The Morgan fingerprint density at radius 1 is 1.06 bits per heavy atom. The van der Waals surface area contributed by atoms with Crippen molar-refractivity contribution >= 4 is 17.4 Å². The average molecular weight is 445 g/mol. The van der Waals surface area contributed by atoms with Crippen molar-refractivity contribution in [1.29, 1.82) is 0 Å². The number of hydrogen-bond acceptors (Lipinski definition) is 5. The molecule has 0 aliphatic carbocycles. The van der Waals surface area contributed by atoms with E-state index in [1.807, 2.05) is 29.2 Å². The average Bonchev–Trinajstić information content (AvgIpc) is 2.88. The second-order valence-corrected chi connectivity index (χ2v) is 8.84. The summed E-state index contributed by atoms with van der Waals surface area (Å²) in [4.78, 5) is 26.4. The van der Waals surface area contributed by atoms with Crippen molar-refractivity contribution in [2.45, 2.75) is 39.2 Å². The summed E-state index contributed by atoms with van der Waals surface area (Å²) in [7, 11) is 1.65. The number of anilines is 2. The third-order valence-electron chi connectivity index (χ3n) is 6.35.